The third-order valence-corrected chi connectivity index (χ3v) is 2.52. The first-order chi connectivity index (χ1) is 6.86. The fourth-order valence-corrected chi connectivity index (χ4v) is 1.48. The third kappa shape index (κ3) is 2.03. The predicted octanol–water partition coefficient (Wildman–Crippen LogP) is 1.25. The summed E-state index contributed by atoms with van der Waals surface area (Å²) in [5.74, 6) is 0.134. The molecule has 0 aromatic carbocycles. The van der Waals surface area contributed by atoms with Crippen molar-refractivity contribution in [2.45, 2.75) is 39.7 Å². The van der Waals surface area contributed by atoms with Crippen LogP contribution in [0.1, 0.15) is 45.2 Å². The van der Waals surface area contributed by atoms with E-state index in [9.17, 15) is 9.59 Å². The monoisotopic (exact) mass is 210 g/mol. The summed E-state index contributed by atoms with van der Waals surface area (Å²) in [6, 6.07) is 0.0711. The zero-order chi connectivity index (χ0) is 11.7. The number of hydrogen-bond acceptors (Lipinski definition) is 2. The van der Waals surface area contributed by atoms with Crippen molar-refractivity contribution in [3.8, 4) is 0 Å². The van der Waals surface area contributed by atoms with Crippen molar-refractivity contribution in [2.24, 2.45) is 7.05 Å². The molecule has 4 heteroatoms. The van der Waals surface area contributed by atoms with Crippen molar-refractivity contribution in [2.75, 3.05) is 0 Å². The van der Waals surface area contributed by atoms with E-state index in [1.54, 1.807) is 10.8 Å². The molecule has 0 aliphatic carbocycles. The molecular formula is C11H18N2O2. The molecule has 0 atom stereocenters. The van der Waals surface area contributed by atoms with Gasteiger partial charge in [0, 0.05) is 24.8 Å². The molecule has 0 fully saturated rings. The highest BCUT2D eigenvalue weighted by atomic mass is 16.2. The highest BCUT2D eigenvalue weighted by Gasteiger charge is 2.12. The van der Waals surface area contributed by atoms with Crippen LogP contribution in [0.2, 0.25) is 0 Å². The standard InChI is InChI=1S/C11H18N2O2/c1-7(2)9-6-13(8(3)4)11(15)12(5)10(9)14/h6-8H,1-5H3. The molecule has 0 bridgehead atoms. The molecule has 1 heterocycles. The van der Waals surface area contributed by atoms with Crippen molar-refractivity contribution in [1.82, 2.24) is 9.13 Å². The zero-order valence-electron chi connectivity index (χ0n) is 9.94. The fraction of sp³-hybridized carbons (Fsp3) is 0.636. The zero-order valence-corrected chi connectivity index (χ0v) is 9.94. The van der Waals surface area contributed by atoms with Gasteiger partial charge in [-0.15, -0.1) is 0 Å². The molecule has 0 saturated heterocycles. The van der Waals surface area contributed by atoms with Crippen LogP contribution >= 0.6 is 0 Å². The molecule has 15 heavy (non-hydrogen) atoms. The Morgan fingerprint density at radius 2 is 1.67 bits per heavy atom. The lowest BCUT2D eigenvalue weighted by Crippen LogP contribution is -2.40. The van der Waals surface area contributed by atoms with Gasteiger partial charge in [-0.2, -0.15) is 0 Å². The largest absolute Gasteiger partial charge is 0.330 e. The van der Waals surface area contributed by atoms with Gasteiger partial charge in [-0.25, -0.2) is 4.79 Å². The van der Waals surface area contributed by atoms with Crippen molar-refractivity contribution in [3.05, 3.63) is 32.6 Å². The second-order valence-corrected chi connectivity index (χ2v) is 4.39. The fourth-order valence-electron chi connectivity index (χ4n) is 1.48. The Kier molecular flexibility index (Phi) is 3.17. The lowest BCUT2D eigenvalue weighted by Gasteiger charge is -2.14. The summed E-state index contributed by atoms with van der Waals surface area (Å²) < 4.78 is 2.77. The van der Waals surface area contributed by atoms with Gasteiger partial charge >= 0.3 is 5.69 Å². The normalized spacial score (nSPS) is 11.4. The Morgan fingerprint density at radius 3 is 2.07 bits per heavy atom. The van der Waals surface area contributed by atoms with Gasteiger partial charge in [-0.1, -0.05) is 13.8 Å². The molecule has 0 saturated carbocycles. The van der Waals surface area contributed by atoms with Gasteiger partial charge in [0.05, 0.1) is 0 Å². The SMILES string of the molecule is CC(C)c1cn(C(C)C)c(=O)n(C)c1=O. The number of aromatic nitrogens is 2. The minimum atomic E-state index is -0.251. The molecule has 1 rings (SSSR count). The first-order valence-corrected chi connectivity index (χ1v) is 5.18. The Morgan fingerprint density at radius 1 is 1.13 bits per heavy atom. The van der Waals surface area contributed by atoms with Crippen molar-refractivity contribution in [1.29, 1.82) is 0 Å². The third-order valence-electron chi connectivity index (χ3n) is 2.52. The van der Waals surface area contributed by atoms with Gasteiger partial charge < -0.3 is 0 Å². The summed E-state index contributed by atoms with van der Waals surface area (Å²) in [6.07, 6.45) is 1.68. The van der Waals surface area contributed by atoms with Crippen LogP contribution < -0.4 is 11.2 Å². The summed E-state index contributed by atoms with van der Waals surface area (Å²) in [4.78, 5) is 23.5. The molecule has 1 aromatic rings. The van der Waals surface area contributed by atoms with Crippen molar-refractivity contribution < 1.29 is 0 Å². The second kappa shape index (κ2) is 4.04. The average Bonchev–Trinajstić information content (AvgIpc) is 2.13. The topological polar surface area (TPSA) is 44.0 Å². The van der Waals surface area contributed by atoms with Gasteiger partial charge in [-0.05, 0) is 19.8 Å². The Balaban J connectivity index is 3.61. The molecule has 1 aromatic heterocycles. The number of hydrogen-bond donors (Lipinski definition) is 0. The van der Waals surface area contributed by atoms with Crippen LogP contribution in [0, 0.1) is 0 Å². The van der Waals surface area contributed by atoms with Gasteiger partial charge in [0.2, 0.25) is 0 Å². The predicted molar refractivity (Wildman–Crippen MR) is 60.4 cm³/mol. The molecule has 84 valence electrons. The lowest BCUT2D eigenvalue weighted by molar-refractivity contribution is 0.522. The molecular weight excluding hydrogens is 192 g/mol. The van der Waals surface area contributed by atoms with E-state index in [4.69, 9.17) is 0 Å². The van der Waals surface area contributed by atoms with Crippen LogP contribution in [0.3, 0.4) is 0 Å². The van der Waals surface area contributed by atoms with Gasteiger partial charge in [0.25, 0.3) is 5.56 Å². The molecule has 0 aliphatic heterocycles. The molecule has 0 aliphatic rings. The summed E-state index contributed by atoms with van der Waals surface area (Å²) >= 11 is 0. The average molecular weight is 210 g/mol. The first-order valence-electron chi connectivity index (χ1n) is 5.18. The van der Waals surface area contributed by atoms with Crippen LogP contribution in [0.15, 0.2) is 15.8 Å². The lowest BCUT2D eigenvalue weighted by atomic mass is 10.1. The van der Waals surface area contributed by atoms with Crippen molar-refractivity contribution in [3.63, 3.8) is 0 Å². The van der Waals surface area contributed by atoms with E-state index in [0.29, 0.717) is 5.56 Å². The summed E-state index contributed by atoms with van der Waals surface area (Å²) in [5, 5.41) is 0. The van der Waals surface area contributed by atoms with E-state index in [-0.39, 0.29) is 23.2 Å². The smallest absolute Gasteiger partial charge is 0.298 e. The maximum absolute atomic E-state index is 11.8. The van der Waals surface area contributed by atoms with Crippen LogP contribution in [-0.2, 0) is 7.05 Å². The highest BCUT2D eigenvalue weighted by Crippen LogP contribution is 2.09. The first kappa shape index (κ1) is 11.8. The number of rotatable bonds is 2. The minimum Gasteiger partial charge on any atom is -0.298 e. The van der Waals surface area contributed by atoms with E-state index >= 15 is 0 Å². The molecule has 0 unspecified atom stereocenters. The molecule has 4 nitrogen and oxygen atoms in total. The van der Waals surface area contributed by atoms with Gasteiger partial charge in [-0.3, -0.25) is 13.9 Å². The van der Waals surface area contributed by atoms with E-state index in [1.807, 2.05) is 27.7 Å². The van der Waals surface area contributed by atoms with Gasteiger partial charge in [0.1, 0.15) is 0 Å². The second-order valence-electron chi connectivity index (χ2n) is 4.39. The maximum Gasteiger partial charge on any atom is 0.330 e. The summed E-state index contributed by atoms with van der Waals surface area (Å²) in [7, 11) is 1.52. The quantitative estimate of drug-likeness (QED) is 0.737. The van der Waals surface area contributed by atoms with Crippen molar-refractivity contribution >= 4 is 0 Å². The van der Waals surface area contributed by atoms with Crippen LogP contribution in [-0.4, -0.2) is 9.13 Å². The minimum absolute atomic E-state index is 0.0711. The molecule has 0 radical (unpaired) electrons. The highest BCUT2D eigenvalue weighted by molar-refractivity contribution is 5.10. The van der Waals surface area contributed by atoms with Crippen LogP contribution in [0.4, 0.5) is 0 Å². The Labute approximate surface area is 89.2 Å². The van der Waals surface area contributed by atoms with E-state index < -0.39 is 0 Å². The summed E-state index contributed by atoms with van der Waals surface area (Å²) in [5.41, 5.74) is 0.247. The molecule has 0 amide bonds. The number of nitrogens with zero attached hydrogens (tertiary/aromatic N) is 2. The van der Waals surface area contributed by atoms with Gasteiger partial charge in [0.15, 0.2) is 0 Å². The Bertz CT molecular complexity index is 426. The van der Waals surface area contributed by atoms with E-state index in [0.717, 1.165) is 0 Å². The van der Waals surface area contributed by atoms with Crippen LogP contribution in [0.5, 0.6) is 0 Å². The maximum atomic E-state index is 11.8. The van der Waals surface area contributed by atoms with E-state index in [1.165, 1.54) is 11.6 Å². The molecule has 0 spiro atoms. The molecule has 0 N–H and O–H groups in total. The van der Waals surface area contributed by atoms with E-state index in [2.05, 4.69) is 0 Å². The summed E-state index contributed by atoms with van der Waals surface area (Å²) in [6.45, 7) is 7.75. The Hall–Kier alpha value is -1.32. The van der Waals surface area contributed by atoms with Crippen LogP contribution in [0.25, 0.3) is 0 Å².